The summed E-state index contributed by atoms with van der Waals surface area (Å²) in [5.41, 5.74) is 7.95. The Balaban J connectivity index is 1.96. The Morgan fingerprint density at radius 2 is 2.21 bits per heavy atom. The normalized spacial score (nSPS) is 16.9. The third-order valence-corrected chi connectivity index (χ3v) is 3.77. The number of anilines is 1. The number of aromatic nitrogens is 2. The van der Waals surface area contributed by atoms with Crippen LogP contribution in [0.1, 0.15) is 12.8 Å². The molecular formula is C14H19N3O2. The second kappa shape index (κ2) is 5.09. The molecule has 1 saturated heterocycles. The first-order valence-electron chi connectivity index (χ1n) is 6.66. The third kappa shape index (κ3) is 2.26. The average Bonchev–Trinajstić information content (AvgIpc) is 2.76. The third-order valence-electron chi connectivity index (χ3n) is 3.77. The van der Waals surface area contributed by atoms with E-state index in [1.54, 1.807) is 7.11 Å². The highest BCUT2D eigenvalue weighted by atomic mass is 16.5. The van der Waals surface area contributed by atoms with Gasteiger partial charge in [0.2, 0.25) is 5.95 Å². The van der Waals surface area contributed by atoms with Crippen LogP contribution in [0.15, 0.2) is 18.2 Å². The van der Waals surface area contributed by atoms with E-state index in [1.165, 1.54) is 0 Å². The Morgan fingerprint density at radius 1 is 1.42 bits per heavy atom. The van der Waals surface area contributed by atoms with Gasteiger partial charge in [0.1, 0.15) is 11.3 Å². The van der Waals surface area contributed by atoms with Crippen LogP contribution in [0.3, 0.4) is 0 Å². The summed E-state index contributed by atoms with van der Waals surface area (Å²) in [7, 11) is 1.66. The molecule has 5 heteroatoms. The quantitative estimate of drug-likeness (QED) is 0.918. The molecule has 0 radical (unpaired) electrons. The first kappa shape index (κ1) is 12.3. The first-order valence-corrected chi connectivity index (χ1v) is 6.66. The molecule has 0 spiro atoms. The van der Waals surface area contributed by atoms with Crippen molar-refractivity contribution in [2.24, 2.45) is 5.92 Å². The van der Waals surface area contributed by atoms with Gasteiger partial charge < -0.3 is 19.8 Å². The monoisotopic (exact) mass is 261 g/mol. The highest BCUT2D eigenvalue weighted by Crippen LogP contribution is 2.28. The SMILES string of the molecule is COc1cccc2c1nc(N)n2CC1CCOCC1. The Bertz CT molecular complexity index is 573. The molecule has 0 amide bonds. The number of fused-ring (bicyclic) bond motifs is 1. The lowest BCUT2D eigenvalue weighted by Gasteiger charge is -2.23. The molecule has 1 aliphatic heterocycles. The molecule has 1 aromatic heterocycles. The predicted octanol–water partition coefficient (Wildman–Crippen LogP) is 2.05. The molecule has 2 heterocycles. The lowest BCUT2D eigenvalue weighted by atomic mass is 10.0. The van der Waals surface area contributed by atoms with Crippen molar-refractivity contribution in [2.75, 3.05) is 26.1 Å². The molecule has 0 unspecified atom stereocenters. The molecule has 0 bridgehead atoms. The number of rotatable bonds is 3. The van der Waals surface area contributed by atoms with Crippen molar-refractivity contribution in [2.45, 2.75) is 19.4 Å². The second-order valence-electron chi connectivity index (χ2n) is 4.96. The number of para-hydroxylation sites is 1. The summed E-state index contributed by atoms with van der Waals surface area (Å²) < 4.78 is 12.8. The van der Waals surface area contributed by atoms with Gasteiger partial charge in [-0.2, -0.15) is 0 Å². The molecule has 0 aliphatic carbocycles. The summed E-state index contributed by atoms with van der Waals surface area (Å²) in [5.74, 6) is 1.94. The van der Waals surface area contributed by atoms with Crippen LogP contribution in [-0.4, -0.2) is 29.9 Å². The number of hydrogen-bond donors (Lipinski definition) is 1. The van der Waals surface area contributed by atoms with Gasteiger partial charge in [0.05, 0.1) is 12.6 Å². The smallest absolute Gasteiger partial charge is 0.201 e. The van der Waals surface area contributed by atoms with Crippen LogP contribution < -0.4 is 10.5 Å². The van der Waals surface area contributed by atoms with Crippen molar-refractivity contribution in [3.05, 3.63) is 18.2 Å². The fourth-order valence-electron chi connectivity index (χ4n) is 2.68. The van der Waals surface area contributed by atoms with Crippen molar-refractivity contribution in [3.8, 4) is 5.75 Å². The Labute approximate surface area is 112 Å². The van der Waals surface area contributed by atoms with Gasteiger partial charge in [-0.3, -0.25) is 0 Å². The molecule has 2 aromatic rings. The molecule has 0 atom stereocenters. The molecule has 2 N–H and O–H groups in total. The van der Waals surface area contributed by atoms with Crippen LogP contribution >= 0.6 is 0 Å². The minimum atomic E-state index is 0.561. The van der Waals surface area contributed by atoms with E-state index in [0.717, 1.165) is 49.4 Å². The highest BCUT2D eigenvalue weighted by Gasteiger charge is 2.18. The Hall–Kier alpha value is -1.75. The molecule has 5 nitrogen and oxygen atoms in total. The molecule has 1 fully saturated rings. The number of ether oxygens (including phenoxy) is 2. The van der Waals surface area contributed by atoms with Crippen LogP contribution in [0.4, 0.5) is 5.95 Å². The molecule has 102 valence electrons. The zero-order chi connectivity index (χ0) is 13.2. The maximum Gasteiger partial charge on any atom is 0.201 e. The summed E-state index contributed by atoms with van der Waals surface area (Å²) in [6.07, 6.45) is 2.17. The first-order chi connectivity index (χ1) is 9.29. The minimum absolute atomic E-state index is 0.561. The van der Waals surface area contributed by atoms with E-state index < -0.39 is 0 Å². The number of methoxy groups -OCH3 is 1. The number of nitrogen functional groups attached to an aromatic ring is 1. The van der Waals surface area contributed by atoms with Gasteiger partial charge in [0.25, 0.3) is 0 Å². The fourth-order valence-corrected chi connectivity index (χ4v) is 2.68. The standard InChI is InChI=1S/C14H19N3O2/c1-18-12-4-2-3-11-13(12)16-14(15)17(11)9-10-5-7-19-8-6-10/h2-4,10H,5-9H2,1H3,(H2,15,16). The maximum atomic E-state index is 6.06. The van der Waals surface area contributed by atoms with Gasteiger partial charge in [0, 0.05) is 19.8 Å². The van der Waals surface area contributed by atoms with Gasteiger partial charge in [-0.15, -0.1) is 0 Å². The zero-order valence-corrected chi connectivity index (χ0v) is 11.1. The number of imidazole rings is 1. The van der Waals surface area contributed by atoms with E-state index in [-0.39, 0.29) is 0 Å². The van der Waals surface area contributed by atoms with Crippen LogP contribution in [0, 0.1) is 5.92 Å². The number of nitrogens with zero attached hydrogens (tertiary/aromatic N) is 2. The van der Waals surface area contributed by atoms with E-state index >= 15 is 0 Å². The van der Waals surface area contributed by atoms with Crippen molar-refractivity contribution in [1.82, 2.24) is 9.55 Å². The van der Waals surface area contributed by atoms with Crippen LogP contribution in [0.5, 0.6) is 5.75 Å². The van der Waals surface area contributed by atoms with Gasteiger partial charge >= 0.3 is 0 Å². The fraction of sp³-hybridized carbons (Fsp3) is 0.500. The lowest BCUT2D eigenvalue weighted by molar-refractivity contribution is 0.0618. The van der Waals surface area contributed by atoms with Gasteiger partial charge in [-0.25, -0.2) is 4.98 Å². The minimum Gasteiger partial charge on any atom is -0.494 e. The number of nitrogens with two attached hydrogens (primary N) is 1. The topological polar surface area (TPSA) is 62.3 Å². The summed E-state index contributed by atoms with van der Waals surface area (Å²) in [4.78, 5) is 4.43. The number of benzene rings is 1. The van der Waals surface area contributed by atoms with Gasteiger partial charge in [-0.1, -0.05) is 6.07 Å². The van der Waals surface area contributed by atoms with Crippen LogP contribution in [0.2, 0.25) is 0 Å². The summed E-state index contributed by atoms with van der Waals surface area (Å²) in [6, 6.07) is 5.93. The van der Waals surface area contributed by atoms with Crippen LogP contribution in [-0.2, 0) is 11.3 Å². The Kier molecular flexibility index (Phi) is 3.29. The average molecular weight is 261 g/mol. The van der Waals surface area contributed by atoms with E-state index in [2.05, 4.69) is 9.55 Å². The molecule has 19 heavy (non-hydrogen) atoms. The van der Waals surface area contributed by atoms with E-state index in [9.17, 15) is 0 Å². The van der Waals surface area contributed by atoms with Gasteiger partial charge in [0.15, 0.2) is 0 Å². The highest BCUT2D eigenvalue weighted by molar-refractivity contribution is 5.84. The van der Waals surface area contributed by atoms with Crippen LogP contribution in [0.25, 0.3) is 11.0 Å². The van der Waals surface area contributed by atoms with E-state index in [4.69, 9.17) is 15.2 Å². The maximum absolute atomic E-state index is 6.06. The molecular weight excluding hydrogens is 242 g/mol. The predicted molar refractivity (Wildman–Crippen MR) is 74.2 cm³/mol. The summed E-state index contributed by atoms with van der Waals surface area (Å²) >= 11 is 0. The molecule has 1 aromatic carbocycles. The molecule has 0 saturated carbocycles. The lowest BCUT2D eigenvalue weighted by Crippen LogP contribution is -2.21. The van der Waals surface area contributed by atoms with Gasteiger partial charge in [-0.05, 0) is 30.9 Å². The van der Waals surface area contributed by atoms with E-state index in [1.807, 2.05) is 18.2 Å². The largest absolute Gasteiger partial charge is 0.494 e. The molecule has 1 aliphatic rings. The van der Waals surface area contributed by atoms with Crippen molar-refractivity contribution in [1.29, 1.82) is 0 Å². The Morgan fingerprint density at radius 3 is 2.95 bits per heavy atom. The summed E-state index contributed by atoms with van der Waals surface area (Å²) in [6.45, 7) is 2.60. The van der Waals surface area contributed by atoms with Crippen molar-refractivity contribution >= 4 is 17.0 Å². The summed E-state index contributed by atoms with van der Waals surface area (Å²) in [5, 5.41) is 0. The molecule has 3 rings (SSSR count). The van der Waals surface area contributed by atoms with Crippen molar-refractivity contribution in [3.63, 3.8) is 0 Å². The number of hydrogen-bond acceptors (Lipinski definition) is 4. The van der Waals surface area contributed by atoms with E-state index in [0.29, 0.717) is 11.9 Å². The van der Waals surface area contributed by atoms with Crippen molar-refractivity contribution < 1.29 is 9.47 Å². The zero-order valence-electron chi connectivity index (χ0n) is 11.1. The second-order valence-corrected chi connectivity index (χ2v) is 4.96.